The minimum atomic E-state index is -0.932. The van der Waals surface area contributed by atoms with Gasteiger partial charge in [-0.1, -0.05) is 13.3 Å². The minimum Gasteiger partial charge on any atom is -0.480 e. The first-order valence-corrected chi connectivity index (χ1v) is 7.84. The van der Waals surface area contributed by atoms with Gasteiger partial charge in [0.25, 0.3) is 0 Å². The predicted octanol–water partition coefficient (Wildman–Crippen LogP) is 2.90. The van der Waals surface area contributed by atoms with Crippen LogP contribution in [0.4, 0.5) is 4.79 Å². The van der Waals surface area contributed by atoms with Gasteiger partial charge < -0.3 is 19.5 Å². The largest absolute Gasteiger partial charge is 0.480 e. The molecule has 1 aliphatic carbocycles. The fraction of sp³-hybridized carbons (Fsp3) is 0.875. The van der Waals surface area contributed by atoms with Crippen LogP contribution in [0.1, 0.15) is 53.4 Å². The second kappa shape index (κ2) is 7.31. The normalized spacial score (nSPS) is 24.5. The first-order chi connectivity index (χ1) is 10.1. The maximum Gasteiger partial charge on any atom is 0.410 e. The van der Waals surface area contributed by atoms with Gasteiger partial charge in [0.05, 0.1) is 6.10 Å². The average molecular weight is 315 g/mol. The quantitative estimate of drug-likeness (QED) is 0.781. The van der Waals surface area contributed by atoms with E-state index in [1.165, 1.54) is 0 Å². The summed E-state index contributed by atoms with van der Waals surface area (Å²) in [5, 5.41) is 8.62. The van der Waals surface area contributed by atoms with Crippen LogP contribution < -0.4 is 0 Å². The van der Waals surface area contributed by atoms with Crippen molar-refractivity contribution >= 4 is 12.1 Å². The molecule has 1 N–H and O–H groups in total. The third-order valence-electron chi connectivity index (χ3n) is 4.20. The van der Waals surface area contributed by atoms with Crippen molar-refractivity contribution in [2.24, 2.45) is 5.41 Å². The molecule has 0 spiro atoms. The Morgan fingerprint density at radius 2 is 1.91 bits per heavy atom. The number of hydrogen-bond donors (Lipinski definition) is 1. The van der Waals surface area contributed by atoms with Crippen LogP contribution in [0.2, 0.25) is 0 Å². The molecule has 0 saturated heterocycles. The van der Waals surface area contributed by atoms with Gasteiger partial charge in [-0.3, -0.25) is 0 Å². The molecule has 6 nitrogen and oxygen atoms in total. The highest BCUT2D eigenvalue weighted by Crippen LogP contribution is 2.48. The maximum absolute atomic E-state index is 11.9. The third kappa shape index (κ3) is 5.83. The Morgan fingerprint density at radius 3 is 2.36 bits per heavy atom. The number of aliphatic carboxylic acids is 1. The van der Waals surface area contributed by atoms with E-state index in [1.54, 1.807) is 11.9 Å². The number of hydrogen-bond acceptors (Lipinski definition) is 4. The standard InChI is InChI=1S/C16H29NO5/c1-6-16(9-12(10-16)21-11-13(18)19)7-8-17(5)14(20)22-15(2,3)4/h12H,6-11H2,1-5H3,(H,18,19). The number of ether oxygens (including phenoxy) is 2. The van der Waals surface area contributed by atoms with Gasteiger partial charge in [0.1, 0.15) is 12.2 Å². The van der Waals surface area contributed by atoms with E-state index in [4.69, 9.17) is 14.6 Å². The molecule has 1 aliphatic rings. The van der Waals surface area contributed by atoms with Gasteiger partial charge in [0.2, 0.25) is 0 Å². The van der Waals surface area contributed by atoms with Gasteiger partial charge in [0, 0.05) is 13.6 Å². The van der Waals surface area contributed by atoms with Gasteiger partial charge in [-0.05, 0) is 45.4 Å². The Labute approximate surface area is 132 Å². The molecule has 0 aliphatic heterocycles. The van der Waals surface area contributed by atoms with Gasteiger partial charge in [-0.15, -0.1) is 0 Å². The molecule has 1 rings (SSSR count). The van der Waals surface area contributed by atoms with Crippen molar-refractivity contribution in [2.45, 2.75) is 65.1 Å². The van der Waals surface area contributed by atoms with Crippen molar-refractivity contribution in [1.82, 2.24) is 4.90 Å². The third-order valence-corrected chi connectivity index (χ3v) is 4.20. The molecule has 1 amide bonds. The van der Waals surface area contributed by atoms with Crippen LogP contribution >= 0.6 is 0 Å². The van der Waals surface area contributed by atoms with Gasteiger partial charge in [-0.25, -0.2) is 9.59 Å². The van der Waals surface area contributed by atoms with E-state index in [9.17, 15) is 9.59 Å². The maximum atomic E-state index is 11.9. The van der Waals surface area contributed by atoms with Crippen LogP contribution in [0.25, 0.3) is 0 Å². The van der Waals surface area contributed by atoms with E-state index < -0.39 is 11.6 Å². The van der Waals surface area contributed by atoms with Gasteiger partial charge >= 0.3 is 12.1 Å². The van der Waals surface area contributed by atoms with Crippen LogP contribution in [0.5, 0.6) is 0 Å². The molecule has 0 bridgehead atoms. The Balaban J connectivity index is 2.36. The molecule has 0 atom stereocenters. The number of carbonyl (C=O) groups is 2. The summed E-state index contributed by atoms with van der Waals surface area (Å²) in [6.07, 6.45) is 3.33. The Hall–Kier alpha value is -1.30. The van der Waals surface area contributed by atoms with Crippen LogP contribution in [0, 0.1) is 5.41 Å². The summed E-state index contributed by atoms with van der Waals surface area (Å²) in [6.45, 7) is 8.07. The fourth-order valence-electron chi connectivity index (χ4n) is 2.72. The first-order valence-electron chi connectivity index (χ1n) is 7.84. The van der Waals surface area contributed by atoms with E-state index in [-0.39, 0.29) is 24.2 Å². The molecule has 128 valence electrons. The monoisotopic (exact) mass is 315 g/mol. The average Bonchev–Trinajstić information content (AvgIpc) is 2.34. The number of amides is 1. The summed E-state index contributed by atoms with van der Waals surface area (Å²) in [4.78, 5) is 24.0. The smallest absolute Gasteiger partial charge is 0.410 e. The van der Waals surface area contributed by atoms with Crippen molar-refractivity contribution in [3.05, 3.63) is 0 Å². The fourth-order valence-corrected chi connectivity index (χ4v) is 2.72. The second-order valence-electron chi connectivity index (χ2n) is 7.24. The van der Waals surface area contributed by atoms with Crippen molar-refractivity contribution in [3.63, 3.8) is 0 Å². The number of carboxylic acid groups (broad SMARTS) is 1. The van der Waals surface area contributed by atoms with E-state index in [1.807, 2.05) is 20.8 Å². The zero-order chi connectivity index (χ0) is 17.0. The Morgan fingerprint density at radius 1 is 1.32 bits per heavy atom. The Bertz CT molecular complexity index is 396. The lowest BCUT2D eigenvalue weighted by atomic mass is 9.63. The summed E-state index contributed by atoms with van der Waals surface area (Å²) >= 11 is 0. The molecule has 0 aromatic rings. The lowest BCUT2D eigenvalue weighted by Gasteiger charge is -2.47. The highest BCUT2D eigenvalue weighted by atomic mass is 16.6. The summed E-state index contributed by atoms with van der Waals surface area (Å²) < 4.78 is 10.6. The highest BCUT2D eigenvalue weighted by molar-refractivity contribution is 5.68. The predicted molar refractivity (Wildman–Crippen MR) is 82.8 cm³/mol. The van der Waals surface area contributed by atoms with Crippen molar-refractivity contribution < 1.29 is 24.2 Å². The molecular formula is C16H29NO5. The minimum absolute atomic E-state index is 0.0304. The van der Waals surface area contributed by atoms with Crippen LogP contribution in [0.3, 0.4) is 0 Å². The lowest BCUT2D eigenvalue weighted by molar-refractivity contribution is -0.152. The Kier molecular flexibility index (Phi) is 6.23. The number of carbonyl (C=O) groups excluding carboxylic acids is 1. The molecular weight excluding hydrogens is 286 g/mol. The van der Waals surface area contributed by atoms with Gasteiger partial charge in [-0.2, -0.15) is 0 Å². The zero-order valence-corrected chi connectivity index (χ0v) is 14.3. The summed E-state index contributed by atoms with van der Waals surface area (Å²) in [7, 11) is 1.74. The topological polar surface area (TPSA) is 76.1 Å². The molecule has 22 heavy (non-hydrogen) atoms. The lowest BCUT2D eigenvalue weighted by Crippen LogP contribution is -2.45. The number of carboxylic acids is 1. The number of nitrogens with zero attached hydrogens (tertiary/aromatic N) is 1. The van der Waals surface area contributed by atoms with Crippen LogP contribution in [-0.4, -0.2) is 54.0 Å². The summed E-state index contributed by atoms with van der Waals surface area (Å²) in [5.41, 5.74) is -0.334. The second-order valence-corrected chi connectivity index (χ2v) is 7.24. The van der Waals surface area contributed by atoms with E-state index >= 15 is 0 Å². The number of rotatable bonds is 7. The summed E-state index contributed by atoms with van der Waals surface area (Å²) in [5.74, 6) is -0.932. The van der Waals surface area contributed by atoms with Crippen molar-refractivity contribution in [1.29, 1.82) is 0 Å². The molecule has 0 aromatic heterocycles. The molecule has 1 fully saturated rings. The van der Waals surface area contributed by atoms with E-state index in [0.29, 0.717) is 6.54 Å². The molecule has 0 unspecified atom stereocenters. The van der Waals surface area contributed by atoms with Crippen LogP contribution in [-0.2, 0) is 14.3 Å². The zero-order valence-electron chi connectivity index (χ0n) is 14.3. The van der Waals surface area contributed by atoms with Crippen molar-refractivity contribution in [2.75, 3.05) is 20.2 Å². The van der Waals surface area contributed by atoms with Gasteiger partial charge in [0.15, 0.2) is 0 Å². The SMILES string of the molecule is CCC1(CCN(C)C(=O)OC(C)(C)C)CC(OCC(=O)O)C1. The molecule has 0 radical (unpaired) electrons. The first kappa shape index (κ1) is 18.7. The molecule has 6 heteroatoms. The van der Waals surface area contributed by atoms with Crippen LogP contribution in [0.15, 0.2) is 0 Å². The molecule has 0 heterocycles. The summed E-state index contributed by atoms with van der Waals surface area (Å²) in [6, 6.07) is 0. The van der Waals surface area contributed by atoms with E-state index in [0.717, 1.165) is 25.7 Å². The molecule has 1 saturated carbocycles. The van der Waals surface area contributed by atoms with E-state index in [2.05, 4.69) is 6.92 Å². The molecule has 0 aromatic carbocycles. The highest BCUT2D eigenvalue weighted by Gasteiger charge is 2.43. The van der Waals surface area contributed by atoms with Crippen molar-refractivity contribution in [3.8, 4) is 0 Å².